The van der Waals surface area contributed by atoms with Crippen LogP contribution in [0.2, 0.25) is 0 Å². The maximum atomic E-state index is 13.3. The first kappa shape index (κ1) is 21.1. The van der Waals surface area contributed by atoms with Crippen molar-refractivity contribution in [2.45, 2.75) is 6.92 Å². The summed E-state index contributed by atoms with van der Waals surface area (Å²) in [4.78, 5) is 32.1. The molecule has 10 heteroatoms. The molecule has 3 aromatic heterocycles. The highest BCUT2D eigenvalue weighted by molar-refractivity contribution is 7.26. The number of amides is 1. The summed E-state index contributed by atoms with van der Waals surface area (Å²) in [6.45, 7) is 1.95. The van der Waals surface area contributed by atoms with Gasteiger partial charge in [0.05, 0.1) is 15.1 Å². The fourth-order valence-corrected chi connectivity index (χ4v) is 5.11. The molecule has 6 nitrogen and oxygen atoms in total. The van der Waals surface area contributed by atoms with Gasteiger partial charge < -0.3 is 5.32 Å². The zero-order valence-electron chi connectivity index (χ0n) is 17.0. The molecule has 1 amide bonds. The summed E-state index contributed by atoms with van der Waals surface area (Å²) in [6, 6.07) is 12.0. The molecule has 0 saturated heterocycles. The van der Waals surface area contributed by atoms with E-state index in [-0.39, 0.29) is 16.9 Å². The van der Waals surface area contributed by atoms with Crippen molar-refractivity contribution in [2.75, 3.05) is 5.32 Å². The first-order valence-corrected chi connectivity index (χ1v) is 11.3. The number of anilines is 1. The smallest absolute Gasteiger partial charge is 0.278 e. The van der Waals surface area contributed by atoms with Gasteiger partial charge >= 0.3 is 0 Å². The van der Waals surface area contributed by atoms with Gasteiger partial charge in [-0.3, -0.25) is 9.59 Å². The lowest BCUT2D eigenvalue weighted by Gasteiger charge is -2.03. The Morgan fingerprint density at radius 1 is 0.939 bits per heavy atom. The van der Waals surface area contributed by atoms with Gasteiger partial charge in [0.25, 0.3) is 11.8 Å². The van der Waals surface area contributed by atoms with Crippen LogP contribution in [0.4, 0.5) is 14.6 Å². The number of aryl methyl sites for hydroxylation is 1. The summed E-state index contributed by atoms with van der Waals surface area (Å²) >= 11 is 2.85. The lowest BCUT2D eigenvalue weighted by atomic mass is 10.2. The lowest BCUT2D eigenvalue weighted by molar-refractivity contribution is 0.0948. The van der Waals surface area contributed by atoms with Gasteiger partial charge in [0.15, 0.2) is 5.82 Å². The number of hydrogen-bond acceptors (Lipinski definition) is 6. The molecule has 0 saturated carbocycles. The minimum atomic E-state index is -0.490. The van der Waals surface area contributed by atoms with Crippen molar-refractivity contribution in [1.82, 2.24) is 14.8 Å². The van der Waals surface area contributed by atoms with Crippen molar-refractivity contribution in [1.29, 1.82) is 0 Å². The molecule has 5 aromatic rings. The van der Waals surface area contributed by atoms with E-state index in [0.29, 0.717) is 10.2 Å². The van der Waals surface area contributed by atoms with Crippen LogP contribution in [-0.2, 0) is 0 Å². The van der Waals surface area contributed by atoms with Crippen molar-refractivity contribution in [3.05, 3.63) is 88.4 Å². The summed E-state index contributed by atoms with van der Waals surface area (Å²) in [7, 11) is 0. The van der Waals surface area contributed by atoms with E-state index in [1.165, 1.54) is 75.9 Å². The van der Waals surface area contributed by atoms with Crippen LogP contribution >= 0.6 is 22.7 Å². The van der Waals surface area contributed by atoms with Gasteiger partial charge in [-0.05, 0) is 61.5 Å². The molecule has 0 spiro atoms. The SMILES string of the molecule is Cc1cnc(-c2cc3c(s2)c(NC(=O)c2ccc(F)cc2)nn3C(=O)c2ccc(F)cc2)s1. The minimum absolute atomic E-state index is 0.194. The lowest BCUT2D eigenvalue weighted by Crippen LogP contribution is -2.16. The van der Waals surface area contributed by atoms with Crippen molar-refractivity contribution >= 4 is 50.5 Å². The zero-order valence-corrected chi connectivity index (χ0v) is 18.6. The van der Waals surface area contributed by atoms with E-state index in [1.807, 2.05) is 6.92 Å². The second kappa shape index (κ2) is 8.30. The number of carbonyl (C=O) groups excluding carboxylic acids is 2. The van der Waals surface area contributed by atoms with Crippen molar-refractivity contribution < 1.29 is 18.4 Å². The normalized spacial score (nSPS) is 11.1. The van der Waals surface area contributed by atoms with Crippen molar-refractivity contribution in [3.63, 3.8) is 0 Å². The quantitative estimate of drug-likeness (QED) is 0.355. The molecule has 3 heterocycles. The van der Waals surface area contributed by atoms with E-state index >= 15 is 0 Å². The molecule has 0 atom stereocenters. The molecule has 5 rings (SSSR count). The minimum Gasteiger partial charge on any atom is -0.304 e. The molecule has 0 aliphatic carbocycles. The number of hydrogen-bond donors (Lipinski definition) is 1. The average molecular weight is 481 g/mol. The number of thiophene rings is 1. The second-order valence-corrected chi connectivity index (χ2v) is 9.42. The molecule has 0 bridgehead atoms. The molecule has 1 N–H and O–H groups in total. The van der Waals surface area contributed by atoms with Crippen LogP contribution in [0.25, 0.3) is 20.1 Å². The van der Waals surface area contributed by atoms with Gasteiger partial charge in [-0.25, -0.2) is 13.8 Å². The second-order valence-electron chi connectivity index (χ2n) is 7.13. The van der Waals surface area contributed by atoms with Gasteiger partial charge in [0, 0.05) is 22.2 Å². The van der Waals surface area contributed by atoms with Crippen molar-refractivity contribution in [3.8, 4) is 9.88 Å². The predicted octanol–water partition coefficient (Wildman–Crippen LogP) is 5.75. The molecule has 0 radical (unpaired) electrons. The number of benzene rings is 2. The van der Waals surface area contributed by atoms with Crippen LogP contribution in [0.1, 0.15) is 25.6 Å². The molecule has 33 heavy (non-hydrogen) atoms. The molecule has 0 unspecified atom stereocenters. The number of nitrogens with one attached hydrogen (secondary N) is 1. The standard InChI is InChI=1S/C23H14F2N4O2S2/c1-12-11-26-22(32-12)18-10-17-19(33-18)20(27-21(30)13-2-6-15(24)7-3-13)28-29(17)23(31)14-4-8-16(25)9-5-14/h2-11H,1H3,(H,27,28,30). The first-order valence-electron chi connectivity index (χ1n) is 9.71. The summed E-state index contributed by atoms with van der Waals surface area (Å²) < 4.78 is 28.3. The van der Waals surface area contributed by atoms with Crippen LogP contribution in [0.5, 0.6) is 0 Å². The van der Waals surface area contributed by atoms with E-state index in [1.54, 1.807) is 12.3 Å². The fraction of sp³-hybridized carbons (Fsp3) is 0.0435. The van der Waals surface area contributed by atoms with Gasteiger partial charge in [-0.2, -0.15) is 4.68 Å². The first-order chi connectivity index (χ1) is 15.9. The zero-order chi connectivity index (χ0) is 23.1. The Labute approximate surface area is 194 Å². The van der Waals surface area contributed by atoms with Gasteiger partial charge in [0.1, 0.15) is 16.6 Å². The maximum absolute atomic E-state index is 13.3. The molecule has 2 aromatic carbocycles. The van der Waals surface area contributed by atoms with E-state index in [9.17, 15) is 18.4 Å². The number of halogens is 2. The Hall–Kier alpha value is -3.76. The monoisotopic (exact) mass is 480 g/mol. The number of rotatable bonds is 4. The van der Waals surface area contributed by atoms with Gasteiger partial charge in [-0.1, -0.05) is 0 Å². The van der Waals surface area contributed by atoms with Crippen LogP contribution in [-0.4, -0.2) is 26.6 Å². The summed E-state index contributed by atoms with van der Waals surface area (Å²) in [5, 5.41) is 7.83. The molecule has 0 aliphatic rings. The molecule has 0 fully saturated rings. The number of fused-ring (bicyclic) bond motifs is 1. The number of carbonyl (C=O) groups is 2. The Kier molecular flexibility index (Phi) is 5.31. The highest BCUT2D eigenvalue weighted by Crippen LogP contribution is 2.39. The summed E-state index contributed by atoms with van der Waals surface area (Å²) in [6.07, 6.45) is 1.76. The number of thiazole rings is 1. The summed E-state index contributed by atoms with van der Waals surface area (Å²) in [5.41, 5.74) is 0.984. The third kappa shape index (κ3) is 4.06. The Bertz CT molecular complexity index is 1500. The largest absolute Gasteiger partial charge is 0.304 e. The highest BCUT2D eigenvalue weighted by Gasteiger charge is 2.23. The van der Waals surface area contributed by atoms with Crippen LogP contribution < -0.4 is 5.32 Å². The predicted molar refractivity (Wildman–Crippen MR) is 124 cm³/mol. The molecular weight excluding hydrogens is 466 g/mol. The van der Waals surface area contributed by atoms with Crippen LogP contribution in [0.3, 0.4) is 0 Å². The van der Waals surface area contributed by atoms with Crippen LogP contribution in [0, 0.1) is 18.6 Å². The van der Waals surface area contributed by atoms with E-state index < -0.39 is 23.4 Å². The van der Waals surface area contributed by atoms with E-state index in [4.69, 9.17) is 0 Å². The third-order valence-electron chi connectivity index (χ3n) is 4.81. The van der Waals surface area contributed by atoms with Crippen molar-refractivity contribution in [2.24, 2.45) is 0 Å². The van der Waals surface area contributed by atoms with Gasteiger partial charge in [0.2, 0.25) is 0 Å². The third-order valence-corrected chi connectivity index (χ3v) is 7.02. The molecule has 0 aliphatic heterocycles. The molecular formula is C23H14F2N4O2S2. The number of nitrogens with zero attached hydrogens (tertiary/aromatic N) is 3. The maximum Gasteiger partial charge on any atom is 0.278 e. The number of aromatic nitrogens is 3. The van der Waals surface area contributed by atoms with E-state index in [0.717, 1.165) is 14.8 Å². The molecule has 164 valence electrons. The average Bonchev–Trinajstić information content (AvgIpc) is 3.50. The highest BCUT2D eigenvalue weighted by atomic mass is 32.1. The Morgan fingerprint density at radius 3 is 2.18 bits per heavy atom. The Morgan fingerprint density at radius 2 is 1.58 bits per heavy atom. The van der Waals surface area contributed by atoms with Gasteiger partial charge in [-0.15, -0.1) is 27.8 Å². The Balaban J connectivity index is 1.59. The summed E-state index contributed by atoms with van der Waals surface area (Å²) in [5.74, 6) is -1.68. The van der Waals surface area contributed by atoms with Crippen LogP contribution in [0.15, 0.2) is 60.8 Å². The topological polar surface area (TPSA) is 76.9 Å². The fourth-order valence-electron chi connectivity index (χ4n) is 3.21. The van der Waals surface area contributed by atoms with E-state index in [2.05, 4.69) is 15.4 Å².